The van der Waals surface area contributed by atoms with Gasteiger partial charge in [-0.15, -0.1) is 0 Å². The quantitative estimate of drug-likeness (QED) is 0.409. The molecule has 0 aliphatic carbocycles. The predicted octanol–water partition coefficient (Wildman–Crippen LogP) is 1.62. The summed E-state index contributed by atoms with van der Waals surface area (Å²) in [6.07, 6.45) is 0. The number of hydrogen-bond donors (Lipinski definition) is 0. The molecule has 4 heteroatoms. The molecule has 0 bridgehead atoms. The van der Waals surface area contributed by atoms with E-state index in [2.05, 4.69) is 0 Å². The first kappa shape index (κ1) is 9.62. The molecule has 0 fully saturated rings. The Morgan fingerprint density at radius 3 is 1.50 bits per heavy atom. The molecule has 0 radical (unpaired) electrons. The van der Waals surface area contributed by atoms with Crippen LogP contribution in [-0.2, 0) is 0 Å². The first-order valence-corrected chi connectivity index (χ1v) is 10.1. The Balaban J connectivity index is 2.53. The van der Waals surface area contributed by atoms with Crippen LogP contribution in [0, 0.1) is 0 Å². The predicted molar refractivity (Wildman–Crippen MR) is 42.6 cm³/mol. The van der Waals surface area contributed by atoms with E-state index in [1.807, 2.05) is 0 Å². The zero-order chi connectivity index (χ0) is 6.24. The third-order valence-electron chi connectivity index (χ3n) is 0.404. The Kier molecular flexibility index (Phi) is 10.4. The summed E-state index contributed by atoms with van der Waals surface area (Å²) in [4.78, 5) is 0. The normalized spacial score (nSPS) is 9.75. The number of alkyl halides is 2. The molecule has 50 valence electrons. The molecule has 0 rings (SSSR count). The van der Waals surface area contributed by atoms with Crippen LogP contribution in [0.15, 0.2) is 0 Å². The van der Waals surface area contributed by atoms with Crippen molar-refractivity contribution in [2.75, 3.05) is 11.8 Å². The second-order valence-electron chi connectivity index (χ2n) is 1.02. The molecule has 0 aromatic heterocycles. The van der Waals surface area contributed by atoms with Crippen molar-refractivity contribution in [3.05, 3.63) is 0 Å². The molecule has 0 aliphatic heterocycles. The third kappa shape index (κ3) is 7.62. The fourth-order valence-corrected chi connectivity index (χ4v) is 8.28. The Morgan fingerprint density at radius 2 is 1.25 bits per heavy atom. The Labute approximate surface area is 71.6 Å². The van der Waals surface area contributed by atoms with E-state index >= 15 is 0 Å². The fourth-order valence-electron chi connectivity index (χ4n) is 0.181. The van der Waals surface area contributed by atoms with Crippen LogP contribution < -0.4 is 0 Å². The SMILES string of the molecule is ClCC[Se][Se]CCCl. The van der Waals surface area contributed by atoms with Crippen LogP contribution in [-0.4, -0.2) is 38.0 Å². The molecule has 0 amide bonds. The van der Waals surface area contributed by atoms with Gasteiger partial charge in [-0.05, 0) is 0 Å². The van der Waals surface area contributed by atoms with Crippen LogP contribution in [0.5, 0.6) is 0 Å². The maximum atomic E-state index is 5.47. The summed E-state index contributed by atoms with van der Waals surface area (Å²) in [6, 6.07) is 0. The van der Waals surface area contributed by atoms with Crippen molar-refractivity contribution >= 4 is 49.5 Å². The van der Waals surface area contributed by atoms with Crippen LogP contribution in [0.1, 0.15) is 0 Å². The molecule has 0 heterocycles. The maximum absolute atomic E-state index is 5.47. The van der Waals surface area contributed by atoms with Crippen molar-refractivity contribution in [2.24, 2.45) is 0 Å². The van der Waals surface area contributed by atoms with E-state index < -0.39 is 0 Å². The summed E-state index contributed by atoms with van der Waals surface area (Å²) in [5, 5.41) is 2.46. The van der Waals surface area contributed by atoms with Crippen molar-refractivity contribution < 1.29 is 0 Å². The number of halogens is 2. The average Bonchev–Trinajstić information content (AvgIpc) is 1.81. The number of hydrogen-bond acceptors (Lipinski definition) is 0. The molecule has 0 unspecified atom stereocenters. The van der Waals surface area contributed by atoms with Gasteiger partial charge < -0.3 is 0 Å². The van der Waals surface area contributed by atoms with Gasteiger partial charge in [0.25, 0.3) is 0 Å². The molecule has 0 atom stereocenters. The van der Waals surface area contributed by atoms with E-state index in [4.69, 9.17) is 23.2 Å². The van der Waals surface area contributed by atoms with Gasteiger partial charge in [0, 0.05) is 0 Å². The Hall–Kier alpha value is 1.62. The molecule has 0 aliphatic rings. The zero-order valence-corrected chi connectivity index (χ0v) is 9.34. The number of rotatable bonds is 5. The molecule has 0 saturated heterocycles. The van der Waals surface area contributed by atoms with Crippen molar-refractivity contribution in [1.29, 1.82) is 0 Å². The summed E-state index contributed by atoms with van der Waals surface area (Å²) < 4.78 is 0. The van der Waals surface area contributed by atoms with Crippen LogP contribution in [0.2, 0.25) is 10.6 Å². The topological polar surface area (TPSA) is 0 Å². The van der Waals surface area contributed by atoms with Crippen LogP contribution in [0.25, 0.3) is 0 Å². The molecular formula is C4H8Cl2Se2. The minimum absolute atomic E-state index is 0.823. The van der Waals surface area contributed by atoms with Crippen molar-refractivity contribution in [1.82, 2.24) is 0 Å². The second-order valence-corrected chi connectivity index (χ2v) is 9.62. The van der Waals surface area contributed by atoms with Crippen molar-refractivity contribution in [2.45, 2.75) is 10.6 Å². The van der Waals surface area contributed by atoms with Gasteiger partial charge >= 0.3 is 71.9 Å². The van der Waals surface area contributed by atoms with E-state index in [-0.39, 0.29) is 0 Å². The summed E-state index contributed by atoms with van der Waals surface area (Å²) in [5.41, 5.74) is 0. The van der Waals surface area contributed by atoms with Gasteiger partial charge in [0.2, 0.25) is 0 Å². The zero-order valence-electron chi connectivity index (χ0n) is 4.40. The van der Waals surface area contributed by atoms with Crippen LogP contribution >= 0.6 is 23.2 Å². The average molecular weight is 285 g/mol. The van der Waals surface area contributed by atoms with Crippen LogP contribution in [0.4, 0.5) is 0 Å². The molecular weight excluding hydrogens is 277 g/mol. The molecule has 0 saturated carbocycles. The summed E-state index contributed by atoms with van der Waals surface area (Å²) in [7, 11) is 0. The van der Waals surface area contributed by atoms with E-state index in [0.29, 0.717) is 0 Å². The third-order valence-corrected chi connectivity index (χ3v) is 9.16. The van der Waals surface area contributed by atoms with Crippen LogP contribution in [0.3, 0.4) is 0 Å². The Morgan fingerprint density at radius 1 is 0.875 bits per heavy atom. The molecule has 0 aromatic carbocycles. The van der Waals surface area contributed by atoms with Gasteiger partial charge in [0.1, 0.15) is 0 Å². The van der Waals surface area contributed by atoms with Gasteiger partial charge in [-0.25, -0.2) is 0 Å². The van der Waals surface area contributed by atoms with Gasteiger partial charge in [-0.2, -0.15) is 0 Å². The van der Waals surface area contributed by atoms with Gasteiger partial charge in [0.15, 0.2) is 0 Å². The van der Waals surface area contributed by atoms with E-state index in [0.717, 1.165) is 38.0 Å². The summed E-state index contributed by atoms with van der Waals surface area (Å²) in [6.45, 7) is 0. The van der Waals surface area contributed by atoms with E-state index in [1.54, 1.807) is 0 Å². The van der Waals surface area contributed by atoms with E-state index in [1.165, 1.54) is 10.6 Å². The molecule has 8 heavy (non-hydrogen) atoms. The van der Waals surface area contributed by atoms with Crippen molar-refractivity contribution in [3.8, 4) is 0 Å². The Bertz CT molecular complexity index is 37.0. The monoisotopic (exact) mass is 286 g/mol. The molecule has 0 nitrogen and oxygen atoms in total. The van der Waals surface area contributed by atoms with Crippen molar-refractivity contribution in [3.63, 3.8) is 0 Å². The first-order valence-electron chi connectivity index (χ1n) is 2.28. The first-order chi connectivity index (χ1) is 3.91. The van der Waals surface area contributed by atoms with Gasteiger partial charge in [-0.1, -0.05) is 0 Å². The summed E-state index contributed by atoms with van der Waals surface area (Å²) in [5.74, 6) is 1.67. The fraction of sp³-hybridized carbons (Fsp3) is 1.00. The van der Waals surface area contributed by atoms with Gasteiger partial charge in [-0.3, -0.25) is 0 Å². The van der Waals surface area contributed by atoms with Gasteiger partial charge in [0.05, 0.1) is 0 Å². The minimum atomic E-state index is 0.823. The molecule has 0 aromatic rings. The standard InChI is InChI=1S/C4H8Cl2Se2/c5-1-3-7-8-4-2-6/h1-4H2. The molecule has 0 spiro atoms. The van der Waals surface area contributed by atoms with E-state index in [9.17, 15) is 0 Å². The summed E-state index contributed by atoms with van der Waals surface area (Å²) >= 11 is 12.6. The molecule has 0 N–H and O–H groups in total. The second kappa shape index (κ2) is 8.62.